The highest BCUT2D eigenvalue weighted by atomic mass is 79.9. The largest absolute Gasteiger partial charge is 0.497 e. The number of carbonyl (C=O) groups excluding carboxylic acids is 1. The second kappa shape index (κ2) is 8.13. The van der Waals surface area contributed by atoms with Gasteiger partial charge in [-0.3, -0.25) is 4.79 Å². The van der Waals surface area contributed by atoms with E-state index in [2.05, 4.69) is 15.9 Å². The summed E-state index contributed by atoms with van der Waals surface area (Å²) in [6.45, 7) is 2.33. The fourth-order valence-electron chi connectivity index (χ4n) is 3.19. The van der Waals surface area contributed by atoms with Gasteiger partial charge in [0.15, 0.2) is 5.76 Å². The second-order valence-corrected chi connectivity index (χ2v) is 7.66. The molecule has 146 valence electrons. The number of methoxy groups -OCH3 is 1. The van der Waals surface area contributed by atoms with Crippen molar-refractivity contribution in [2.45, 2.75) is 13.5 Å². The molecule has 0 N–H and O–H groups in total. The van der Waals surface area contributed by atoms with Gasteiger partial charge in [-0.25, -0.2) is 0 Å². The summed E-state index contributed by atoms with van der Waals surface area (Å²) in [5.74, 6) is 2.08. The number of ether oxygens (including phenoxy) is 3. The second-order valence-electron chi connectivity index (χ2n) is 6.74. The average molecular weight is 451 g/mol. The van der Waals surface area contributed by atoms with Crippen molar-refractivity contribution >= 4 is 27.8 Å². The maximum Gasteiger partial charge on any atom is 0.232 e. The lowest BCUT2D eigenvalue weighted by Gasteiger charge is -2.09. The zero-order valence-electron chi connectivity index (χ0n) is 16.1. The van der Waals surface area contributed by atoms with Crippen LogP contribution in [0.1, 0.15) is 27.0 Å². The zero-order chi connectivity index (χ0) is 20.4. The average Bonchev–Trinajstić information content (AvgIpc) is 3.03. The smallest absolute Gasteiger partial charge is 0.232 e. The molecule has 0 aliphatic carbocycles. The van der Waals surface area contributed by atoms with Crippen LogP contribution in [0.5, 0.6) is 17.2 Å². The fraction of sp³-hybridized carbons (Fsp3) is 0.125. The van der Waals surface area contributed by atoms with E-state index in [-0.39, 0.29) is 5.78 Å². The minimum Gasteiger partial charge on any atom is -0.497 e. The topological polar surface area (TPSA) is 44.8 Å². The van der Waals surface area contributed by atoms with Crippen LogP contribution in [0, 0.1) is 6.92 Å². The summed E-state index contributed by atoms with van der Waals surface area (Å²) in [5.41, 5.74) is 3.30. The molecular formula is C24H19BrO4. The van der Waals surface area contributed by atoms with Gasteiger partial charge in [0.2, 0.25) is 5.78 Å². The van der Waals surface area contributed by atoms with Crippen LogP contribution in [-0.4, -0.2) is 12.9 Å². The van der Waals surface area contributed by atoms with E-state index in [1.807, 2.05) is 61.5 Å². The molecule has 1 heterocycles. The van der Waals surface area contributed by atoms with Crippen LogP contribution >= 0.6 is 15.9 Å². The molecule has 1 aliphatic heterocycles. The molecule has 0 atom stereocenters. The van der Waals surface area contributed by atoms with Gasteiger partial charge in [-0.2, -0.15) is 0 Å². The number of benzene rings is 3. The van der Waals surface area contributed by atoms with Gasteiger partial charge in [-0.15, -0.1) is 0 Å². The fourth-order valence-corrected chi connectivity index (χ4v) is 3.46. The minimum absolute atomic E-state index is 0.125. The maximum atomic E-state index is 12.8. The van der Waals surface area contributed by atoms with Gasteiger partial charge in [0.25, 0.3) is 0 Å². The van der Waals surface area contributed by atoms with Crippen molar-refractivity contribution in [2.24, 2.45) is 0 Å². The molecule has 0 radical (unpaired) electrons. The Hall–Kier alpha value is -3.05. The molecule has 3 aromatic carbocycles. The summed E-state index contributed by atoms with van der Waals surface area (Å²) in [7, 11) is 1.61. The van der Waals surface area contributed by atoms with E-state index < -0.39 is 0 Å². The Morgan fingerprint density at radius 1 is 1.03 bits per heavy atom. The summed E-state index contributed by atoms with van der Waals surface area (Å²) in [4.78, 5) is 12.8. The van der Waals surface area contributed by atoms with Crippen LogP contribution < -0.4 is 14.2 Å². The number of Topliss-reactive ketones (excluding diaryl/α,β-unsaturated/α-hetero) is 1. The lowest BCUT2D eigenvalue weighted by Crippen LogP contribution is -2.00. The van der Waals surface area contributed by atoms with Gasteiger partial charge < -0.3 is 14.2 Å². The van der Waals surface area contributed by atoms with E-state index in [0.29, 0.717) is 29.4 Å². The molecule has 0 amide bonds. The monoisotopic (exact) mass is 450 g/mol. The van der Waals surface area contributed by atoms with Crippen molar-refractivity contribution in [3.8, 4) is 17.2 Å². The van der Waals surface area contributed by atoms with E-state index in [1.54, 1.807) is 19.3 Å². The Morgan fingerprint density at radius 3 is 2.59 bits per heavy atom. The first kappa shape index (κ1) is 19.3. The molecule has 0 saturated carbocycles. The lowest BCUT2D eigenvalue weighted by molar-refractivity contribution is 0.101. The molecule has 3 aromatic rings. The molecule has 1 aliphatic rings. The molecule has 0 aromatic heterocycles. The minimum atomic E-state index is -0.125. The van der Waals surface area contributed by atoms with Crippen molar-refractivity contribution < 1.29 is 19.0 Å². The quantitative estimate of drug-likeness (QED) is 0.449. The molecule has 0 saturated heterocycles. The van der Waals surface area contributed by atoms with Crippen LogP contribution in [0.4, 0.5) is 0 Å². The van der Waals surface area contributed by atoms with E-state index in [9.17, 15) is 4.79 Å². The summed E-state index contributed by atoms with van der Waals surface area (Å²) < 4.78 is 18.0. The Balaban J connectivity index is 1.56. The van der Waals surface area contributed by atoms with Crippen molar-refractivity contribution in [2.75, 3.05) is 7.11 Å². The molecule has 4 nitrogen and oxygen atoms in total. The Morgan fingerprint density at radius 2 is 1.83 bits per heavy atom. The maximum absolute atomic E-state index is 12.8. The first-order chi connectivity index (χ1) is 14.0. The van der Waals surface area contributed by atoms with E-state index >= 15 is 0 Å². The van der Waals surface area contributed by atoms with Gasteiger partial charge in [-0.1, -0.05) is 40.2 Å². The Kier molecular flexibility index (Phi) is 5.41. The number of allylic oxidation sites excluding steroid dienone is 1. The third-order valence-corrected chi connectivity index (χ3v) is 5.18. The number of hydrogen-bond acceptors (Lipinski definition) is 4. The van der Waals surface area contributed by atoms with Gasteiger partial charge in [0.05, 0.1) is 12.7 Å². The number of halogens is 1. The summed E-state index contributed by atoms with van der Waals surface area (Å²) in [5, 5.41) is 0. The first-order valence-electron chi connectivity index (χ1n) is 9.13. The van der Waals surface area contributed by atoms with Gasteiger partial charge in [-0.05, 0) is 60.0 Å². The molecule has 0 spiro atoms. The van der Waals surface area contributed by atoms with Gasteiger partial charge >= 0.3 is 0 Å². The van der Waals surface area contributed by atoms with Crippen molar-refractivity contribution in [3.05, 3.63) is 93.1 Å². The third kappa shape index (κ3) is 4.20. The van der Waals surface area contributed by atoms with Crippen LogP contribution in [0.15, 0.2) is 70.9 Å². The molecule has 0 unspecified atom stereocenters. The summed E-state index contributed by atoms with van der Waals surface area (Å²) in [6, 6.07) is 19.1. The van der Waals surface area contributed by atoms with Crippen LogP contribution in [0.2, 0.25) is 0 Å². The Bertz CT molecular complexity index is 1100. The molecular weight excluding hydrogens is 432 g/mol. The highest BCUT2D eigenvalue weighted by Crippen LogP contribution is 2.37. The highest BCUT2D eigenvalue weighted by Gasteiger charge is 2.30. The van der Waals surface area contributed by atoms with E-state index in [4.69, 9.17) is 14.2 Å². The standard InChI is InChI=1S/C24H19BrO4/c1-15-10-20(28-14-16-6-8-18(25)9-7-16)13-21-23(15)24(26)22(29-21)12-17-4-3-5-19(11-17)27-2/h3-13H,14H2,1-2H3/b22-12-. The normalized spacial score (nSPS) is 13.9. The number of carbonyl (C=O) groups is 1. The number of fused-ring (bicyclic) bond motifs is 1. The Labute approximate surface area is 177 Å². The van der Waals surface area contributed by atoms with E-state index in [0.717, 1.165) is 26.9 Å². The van der Waals surface area contributed by atoms with Crippen LogP contribution in [-0.2, 0) is 6.61 Å². The first-order valence-corrected chi connectivity index (χ1v) is 9.93. The van der Waals surface area contributed by atoms with Crippen molar-refractivity contribution in [1.29, 1.82) is 0 Å². The van der Waals surface area contributed by atoms with Crippen LogP contribution in [0.25, 0.3) is 6.08 Å². The summed E-state index contributed by atoms with van der Waals surface area (Å²) in [6.07, 6.45) is 1.73. The SMILES string of the molecule is COc1cccc(/C=C2\Oc3cc(OCc4ccc(Br)cc4)cc(C)c3C2=O)c1. The van der Waals surface area contributed by atoms with Crippen molar-refractivity contribution in [1.82, 2.24) is 0 Å². The van der Waals surface area contributed by atoms with Gasteiger partial charge in [0.1, 0.15) is 23.9 Å². The lowest BCUT2D eigenvalue weighted by atomic mass is 10.0. The molecule has 5 heteroatoms. The number of aryl methyl sites for hydroxylation is 1. The summed E-state index contributed by atoms with van der Waals surface area (Å²) >= 11 is 3.43. The molecule has 29 heavy (non-hydrogen) atoms. The molecule has 0 fully saturated rings. The molecule has 0 bridgehead atoms. The van der Waals surface area contributed by atoms with Crippen LogP contribution in [0.3, 0.4) is 0 Å². The van der Waals surface area contributed by atoms with E-state index in [1.165, 1.54) is 0 Å². The highest BCUT2D eigenvalue weighted by molar-refractivity contribution is 9.10. The predicted molar refractivity (Wildman–Crippen MR) is 116 cm³/mol. The third-order valence-electron chi connectivity index (χ3n) is 4.65. The molecule has 4 rings (SSSR count). The number of ketones is 1. The van der Waals surface area contributed by atoms with Crippen molar-refractivity contribution in [3.63, 3.8) is 0 Å². The van der Waals surface area contributed by atoms with Gasteiger partial charge in [0, 0.05) is 10.5 Å². The zero-order valence-corrected chi connectivity index (χ0v) is 17.7. The predicted octanol–water partition coefficient (Wildman–Crippen LogP) is 5.96. The number of hydrogen-bond donors (Lipinski definition) is 0. The number of rotatable bonds is 5.